The Bertz CT molecular complexity index is 1210. The smallest absolute Gasteiger partial charge is 0.320 e. The molecule has 36 heavy (non-hydrogen) atoms. The van der Waals surface area contributed by atoms with Crippen LogP contribution in [0.3, 0.4) is 0 Å². The molecule has 10 heteroatoms. The number of nitrogens with zero attached hydrogens (tertiary/aromatic N) is 2. The Morgan fingerprint density at radius 2 is 1.53 bits per heavy atom. The van der Waals surface area contributed by atoms with Crippen molar-refractivity contribution in [3.8, 4) is 0 Å². The molecule has 0 saturated carbocycles. The first-order valence-corrected chi connectivity index (χ1v) is 12.6. The van der Waals surface area contributed by atoms with Gasteiger partial charge in [-0.15, -0.1) is 10.2 Å². The molecule has 0 atom stereocenters. The molecule has 2 heterocycles. The molecule has 5 N–H and O–H groups in total. The van der Waals surface area contributed by atoms with Crippen LogP contribution in [-0.2, 0) is 24.2 Å². The third-order valence-electron chi connectivity index (χ3n) is 5.36. The van der Waals surface area contributed by atoms with E-state index < -0.39 is 0 Å². The average Bonchev–Trinajstić information content (AvgIpc) is 3.34. The van der Waals surface area contributed by atoms with Gasteiger partial charge in [0.1, 0.15) is 10.8 Å². The van der Waals surface area contributed by atoms with Gasteiger partial charge in [-0.2, -0.15) is 0 Å². The molecule has 1 aliphatic rings. The molecule has 0 aliphatic carbocycles. The highest BCUT2D eigenvalue weighted by Gasteiger charge is 2.10. The van der Waals surface area contributed by atoms with Gasteiger partial charge in [-0.1, -0.05) is 72.0 Å². The highest BCUT2D eigenvalue weighted by Crippen LogP contribution is 2.18. The number of nitrogens with one attached hydrogen (secondary N) is 5. The lowest BCUT2D eigenvalue weighted by Gasteiger charge is -2.20. The van der Waals surface area contributed by atoms with Crippen molar-refractivity contribution in [1.82, 2.24) is 31.7 Å². The molecule has 0 saturated heterocycles. The second kappa shape index (κ2) is 13.1. The van der Waals surface area contributed by atoms with Crippen LogP contribution in [0.15, 0.2) is 84.3 Å². The molecule has 4 rings (SSSR count). The highest BCUT2D eigenvalue weighted by molar-refractivity contribution is 7.15. The zero-order valence-corrected chi connectivity index (χ0v) is 20.6. The molecule has 1 aliphatic heterocycles. The molecule has 0 spiro atoms. The number of benzene rings is 2. The fourth-order valence-electron chi connectivity index (χ4n) is 3.52. The number of hydrogen-bond donors (Lipinski definition) is 5. The fourth-order valence-corrected chi connectivity index (χ4v) is 4.32. The molecule has 1 aromatic heterocycles. The maximum Gasteiger partial charge on any atom is 0.320 e. The Labute approximate surface area is 214 Å². The molecule has 3 amide bonds. The molecular formula is C26H29N7O2S. The number of carbonyl (C=O) groups is 2. The minimum atomic E-state index is -0.274. The highest BCUT2D eigenvalue weighted by atomic mass is 32.1. The number of unbranched alkanes of at least 4 members (excludes halogenated alkanes) is 1. The first kappa shape index (κ1) is 24.9. The van der Waals surface area contributed by atoms with Crippen LogP contribution in [0.2, 0.25) is 0 Å². The summed E-state index contributed by atoms with van der Waals surface area (Å²) < 4.78 is 0. The van der Waals surface area contributed by atoms with Crippen molar-refractivity contribution in [3.63, 3.8) is 0 Å². The van der Waals surface area contributed by atoms with E-state index in [1.807, 2.05) is 72.8 Å². The summed E-state index contributed by atoms with van der Waals surface area (Å²) in [6.07, 6.45) is 7.67. The lowest BCUT2D eigenvalue weighted by Crippen LogP contribution is -2.44. The summed E-state index contributed by atoms with van der Waals surface area (Å²) in [7, 11) is 0. The molecule has 9 nitrogen and oxygen atoms in total. The number of rotatable bonds is 11. The molecule has 0 bridgehead atoms. The monoisotopic (exact) mass is 503 g/mol. The number of amides is 3. The summed E-state index contributed by atoms with van der Waals surface area (Å²) in [5.74, 6) is 0.488. The van der Waals surface area contributed by atoms with E-state index in [1.54, 1.807) is 0 Å². The Morgan fingerprint density at radius 3 is 2.25 bits per heavy atom. The molecule has 186 valence electrons. The van der Waals surface area contributed by atoms with E-state index >= 15 is 0 Å². The summed E-state index contributed by atoms with van der Waals surface area (Å²) in [6, 6.07) is 19.1. The third kappa shape index (κ3) is 8.24. The second-order valence-corrected chi connectivity index (χ2v) is 9.30. The van der Waals surface area contributed by atoms with Gasteiger partial charge in [-0.05, 0) is 42.5 Å². The maximum absolute atomic E-state index is 12.2. The number of aromatic nitrogens is 2. The SMILES string of the molecule is O=C(Cc1ccccc1)Nc1nnc(CCCCC2=CC=C(NC(=O)NCc3ccccc3)NN2)s1. The van der Waals surface area contributed by atoms with Gasteiger partial charge in [0.25, 0.3) is 0 Å². The van der Waals surface area contributed by atoms with Crippen LogP contribution in [0.1, 0.15) is 35.4 Å². The van der Waals surface area contributed by atoms with Crippen LogP contribution < -0.4 is 26.8 Å². The number of allylic oxidation sites excluding steroid dienone is 3. The van der Waals surface area contributed by atoms with E-state index in [0.29, 0.717) is 23.9 Å². The van der Waals surface area contributed by atoms with Gasteiger partial charge >= 0.3 is 6.03 Å². The predicted molar refractivity (Wildman–Crippen MR) is 140 cm³/mol. The van der Waals surface area contributed by atoms with Crippen LogP contribution in [-0.4, -0.2) is 22.1 Å². The van der Waals surface area contributed by atoms with Crippen LogP contribution in [0.4, 0.5) is 9.93 Å². The zero-order chi connectivity index (χ0) is 25.0. The molecule has 3 aromatic rings. The minimum absolute atomic E-state index is 0.0951. The number of aryl methyl sites for hydroxylation is 1. The summed E-state index contributed by atoms with van der Waals surface area (Å²) in [5.41, 5.74) is 9.16. The van der Waals surface area contributed by atoms with Crippen LogP contribution in [0.5, 0.6) is 0 Å². The van der Waals surface area contributed by atoms with E-state index in [1.165, 1.54) is 11.3 Å². The molecule has 2 aromatic carbocycles. The molecule has 0 fully saturated rings. The van der Waals surface area contributed by atoms with Gasteiger partial charge in [0, 0.05) is 18.7 Å². The third-order valence-corrected chi connectivity index (χ3v) is 6.26. The van der Waals surface area contributed by atoms with Crippen molar-refractivity contribution >= 4 is 28.4 Å². The van der Waals surface area contributed by atoms with Gasteiger partial charge in [-0.3, -0.25) is 15.5 Å². The number of hydrogen-bond acceptors (Lipinski definition) is 7. The van der Waals surface area contributed by atoms with Gasteiger partial charge < -0.3 is 16.1 Å². The summed E-state index contributed by atoms with van der Waals surface area (Å²) in [5, 5.41) is 18.1. The Morgan fingerprint density at radius 1 is 0.806 bits per heavy atom. The van der Waals surface area contributed by atoms with Crippen molar-refractivity contribution in [1.29, 1.82) is 0 Å². The molecule has 0 unspecified atom stereocenters. The van der Waals surface area contributed by atoms with Crippen molar-refractivity contribution in [3.05, 3.63) is 100 Å². The first-order chi connectivity index (χ1) is 17.6. The van der Waals surface area contributed by atoms with E-state index in [-0.39, 0.29) is 11.9 Å². The van der Waals surface area contributed by atoms with E-state index in [2.05, 4.69) is 37.0 Å². The van der Waals surface area contributed by atoms with Crippen LogP contribution in [0.25, 0.3) is 0 Å². The maximum atomic E-state index is 12.2. The topological polar surface area (TPSA) is 120 Å². The van der Waals surface area contributed by atoms with Crippen molar-refractivity contribution in [2.75, 3.05) is 5.32 Å². The normalized spacial score (nSPS) is 12.4. The standard InChI is InChI=1S/C26H29N7O2S/c34-23(17-19-9-3-1-4-10-19)29-26-33-32-24(36-26)14-8-7-13-21-15-16-22(31-30-21)28-25(35)27-18-20-11-5-2-6-12-20/h1-6,9-12,15-16,30-31H,7-8,13-14,17-18H2,(H2,27,28,35)(H,29,33,34). The van der Waals surface area contributed by atoms with Crippen molar-refractivity contribution in [2.24, 2.45) is 0 Å². The minimum Gasteiger partial charge on any atom is -0.334 e. The summed E-state index contributed by atoms with van der Waals surface area (Å²) >= 11 is 1.41. The fraction of sp³-hybridized carbons (Fsp3) is 0.231. The van der Waals surface area contributed by atoms with E-state index in [4.69, 9.17) is 0 Å². The predicted octanol–water partition coefficient (Wildman–Crippen LogP) is 3.76. The lowest BCUT2D eigenvalue weighted by molar-refractivity contribution is -0.115. The Kier molecular flexibility index (Phi) is 9.04. The Hall–Kier alpha value is -4.18. The van der Waals surface area contributed by atoms with Gasteiger partial charge in [-0.25, -0.2) is 4.79 Å². The first-order valence-electron chi connectivity index (χ1n) is 11.8. The average molecular weight is 504 g/mol. The summed E-state index contributed by atoms with van der Waals surface area (Å²) in [6.45, 7) is 0.463. The van der Waals surface area contributed by atoms with Crippen LogP contribution >= 0.6 is 11.3 Å². The molecule has 0 radical (unpaired) electrons. The quantitative estimate of drug-likeness (QED) is 0.254. The van der Waals surface area contributed by atoms with Crippen molar-refractivity contribution in [2.45, 2.75) is 38.6 Å². The number of carbonyl (C=O) groups excluding carboxylic acids is 2. The lowest BCUT2D eigenvalue weighted by atomic mass is 10.1. The second-order valence-electron chi connectivity index (χ2n) is 8.23. The van der Waals surface area contributed by atoms with Crippen molar-refractivity contribution < 1.29 is 9.59 Å². The van der Waals surface area contributed by atoms with E-state index in [9.17, 15) is 9.59 Å². The number of anilines is 1. The number of urea groups is 1. The molecular weight excluding hydrogens is 474 g/mol. The van der Waals surface area contributed by atoms with Crippen LogP contribution in [0, 0.1) is 0 Å². The Balaban J connectivity index is 1.12. The van der Waals surface area contributed by atoms with Gasteiger partial charge in [0.15, 0.2) is 0 Å². The summed E-state index contributed by atoms with van der Waals surface area (Å²) in [4.78, 5) is 24.2. The largest absolute Gasteiger partial charge is 0.334 e. The van der Waals surface area contributed by atoms with E-state index in [0.717, 1.165) is 47.5 Å². The zero-order valence-electron chi connectivity index (χ0n) is 19.8. The van der Waals surface area contributed by atoms with Gasteiger partial charge in [0.05, 0.1) is 6.42 Å². The number of hydrazine groups is 1. The van der Waals surface area contributed by atoms with Gasteiger partial charge in [0.2, 0.25) is 11.0 Å².